The van der Waals surface area contributed by atoms with Crippen LogP contribution < -0.4 is 9.64 Å². The molecule has 90 valence electrons. The summed E-state index contributed by atoms with van der Waals surface area (Å²) >= 11 is 0. The minimum Gasteiger partial charge on any atom is -0.443 e. The van der Waals surface area contributed by atoms with Crippen molar-refractivity contribution >= 4 is 11.8 Å². The third-order valence-electron chi connectivity index (χ3n) is 1.99. The number of ether oxygens (including phenoxy) is 2. The molecule has 5 nitrogen and oxygen atoms in total. The molecule has 0 saturated heterocycles. The lowest BCUT2D eigenvalue weighted by molar-refractivity contribution is 0.0593. The molecule has 0 fully saturated rings. The summed E-state index contributed by atoms with van der Waals surface area (Å²) in [5.74, 6) is 0.390. The summed E-state index contributed by atoms with van der Waals surface area (Å²) in [5, 5.41) is 0. The number of hydrogen-bond donors (Lipinski definition) is 0. The lowest BCUT2D eigenvalue weighted by atomic mass is 10.2. The maximum Gasteiger partial charge on any atom is 0.419 e. The van der Waals surface area contributed by atoms with Gasteiger partial charge in [-0.05, 0) is 32.9 Å². The first kappa shape index (κ1) is 11.4. The zero-order valence-corrected chi connectivity index (χ0v) is 10.0. The van der Waals surface area contributed by atoms with E-state index in [0.717, 1.165) is 0 Å². The number of nitrogens with zero attached hydrogens (tertiary/aromatic N) is 2. The van der Waals surface area contributed by atoms with Gasteiger partial charge in [0, 0.05) is 6.20 Å². The van der Waals surface area contributed by atoms with Crippen molar-refractivity contribution in [3.63, 3.8) is 0 Å². The Labute approximate surface area is 99.7 Å². The molecular weight excluding hydrogens is 220 g/mol. The van der Waals surface area contributed by atoms with E-state index in [1.54, 1.807) is 18.3 Å². The Morgan fingerprint density at radius 2 is 2.24 bits per heavy atom. The molecule has 0 spiro atoms. The van der Waals surface area contributed by atoms with Crippen molar-refractivity contribution in [3.8, 4) is 5.88 Å². The van der Waals surface area contributed by atoms with Gasteiger partial charge in [-0.1, -0.05) is 0 Å². The molecule has 2 heterocycles. The molecule has 0 N–H and O–H groups in total. The number of amides is 1. The van der Waals surface area contributed by atoms with Gasteiger partial charge in [0.05, 0.1) is 6.20 Å². The van der Waals surface area contributed by atoms with Gasteiger partial charge in [-0.15, -0.1) is 0 Å². The predicted octanol–water partition coefficient (Wildman–Crippen LogP) is 2.69. The Morgan fingerprint density at radius 3 is 2.94 bits per heavy atom. The van der Waals surface area contributed by atoms with E-state index in [4.69, 9.17) is 9.47 Å². The van der Waals surface area contributed by atoms with Crippen molar-refractivity contribution in [2.45, 2.75) is 26.4 Å². The van der Waals surface area contributed by atoms with Crippen LogP contribution in [0.25, 0.3) is 0 Å². The normalized spacial score (nSPS) is 13.9. The molecule has 1 amide bonds. The van der Waals surface area contributed by atoms with Gasteiger partial charge in [0.1, 0.15) is 17.6 Å². The van der Waals surface area contributed by atoms with Crippen LogP contribution in [-0.2, 0) is 4.74 Å². The minimum atomic E-state index is -0.536. The Morgan fingerprint density at radius 1 is 1.47 bits per heavy atom. The Bertz CT molecular complexity index is 463. The van der Waals surface area contributed by atoms with Crippen LogP contribution in [-0.4, -0.2) is 16.7 Å². The first-order valence-electron chi connectivity index (χ1n) is 5.28. The molecule has 0 atom stereocenters. The minimum absolute atomic E-state index is 0.390. The number of fused-ring (bicyclic) bond motifs is 1. The van der Waals surface area contributed by atoms with E-state index in [-0.39, 0.29) is 0 Å². The zero-order chi connectivity index (χ0) is 12.5. The molecule has 1 aliphatic rings. The molecule has 0 aromatic carbocycles. The van der Waals surface area contributed by atoms with E-state index < -0.39 is 11.7 Å². The van der Waals surface area contributed by atoms with E-state index in [0.29, 0.717) is 11.6 Å². The van der Waals surface area contributed by atoms with Crippen LogP contribution in [0.3, 0.4) is 0 Å². The van der Waals surface area contributed by atoms with Crippen molar-refractivity contribution in [3.05, 3.63) is 30.8 Å². The number of hydrogen-bond acceptors (Lipinski definition) is 4. The number of carbonyl (C=O) groups excluding carboxylic acids is 1. The smallest absolute Gasteiger partial charge is 0.419 e. The number of anilines is 1. The van der Waals surface area contributed by atoms with Crippen molar-refractivity contribution in [1.82, 2.24) is 4.98 Å². The molecule has 1 aromatic rings. The summed E-state index contributed by atoms with van der Waals surface area (Å²) in [6.07, 6.45) is 4.06. The maximum absolute atomic E-state index is 11.9. The van der Waals surface area contributed by atoms with Gasteiger partial charge < -0.3 is 9.47 Å². The number of carbonyl (C=O) groups is 1. The number of aromatic nitrogens is 1. The van der Waals surface area contributed by atoms with Gasteiger partial charge in [-0.3, -0.25) is 0 Å². The molecule has 0 bridgehead atoms. The average Bonchev–Trinajstić information content (AvgIpc) is 2.26. The van der Waals surface area contributed by atoms with Crippen LogP contribution in [0.5, 0.6) is 5.88 Å². The van der Waals surface area contributed by atoms with Gasteiger partial charge in [0.15, 0.2) is 0 Å². The molecule has 0 radical (unpaired) electrons. The van der Waals surface area contributed by atoms with Gasteiger partial charge >= 0.3 is 6.09 Å². The Kier molecular flexibility index (Phi) is 2.75. The zero-order valence-electron chi connectivity index (χ0n) is 10.0. The summed E-state index contributed by atoms with van der Waals surface area (Å²) < 4.78 is 10.5. The fourth-order valence-electron chi connectivity index (χ4n) is 1.36. The van der Waals surface area contributed by atoms with Crippen LogP contribution >= 0.6 is 0 Å². The lowest BCUT2D eigenvalue weighted by Crippen LogP contribution is -2.34. The molecular formula is C12H14N2O3. The second-order valence-corrected chi connectivity index (χ2v) is 4.58. The quantitative estimate of drug-likeness (QED) is 0.692. The monoisotopic (exact) mass is 234 g/mol. The van der Waals surface area contributed by atoms with Crippen molar-refractivity contribution in [2.75, 3.05) is 4.90 Å². The molecule has 0 aliphatic carbocycles. The summed E-state index contributed by atoms with van der Waals surface area (Å²) in [7, 11) is 0. The largest absolute Gasteiger partial charge is 0.443 e. The molecule has 2 rings (SSSR count). The molecule has 0 unspecified atom stereocenters. The highest BCUT2D eigenvalue weighted by Crippen LogP contribution is 2.30. The first-order valence-corrected chi connectivity index (χ1v) is 5.28. The molecule has 1 aromatic heterocycles. The second kappa shape index (κ2) is 4.08. The molecule has 0 saturated carbocycles. The van der Waals surface area contributed by atoms with Crippen LogP contribution in [0.1, 0.15) is 20.8 Å². The topological polar surface area (TPSA) is 51.7 Å². The van der Waals surface area contributed by atoms with E-state index in [1.807, 2.05) is 20.8 Å². The fourth-order valence-corrected chi connectivity index (χ4v) is 1.36. The Balaban J connectivity index is 2.25. The van der Waals surface area contributed by atoms with Crippen molar-refractivity contribution in [1.29, 1.82) is 0 Å². The van der Waals surface area contributed by atoms with Gasteiger partial charge in [-0.25, -0.2) is 14.7 Å². The predicted molar refractivity (Wildman–Crippen MR) is 62.7 cm³/mol. The maximum atomic E-state index is 11.9. The second-order valence-electron chi connectivity index (χ2n) is 4.58. The fraction of sp³-hybridized carbons (Fsp3) is 0.333. The standard InChI is InChI=1S/C12H14N2O3/c1-12(2,3)17-11(15)14-7-8-16-10-9(14)5-4-6-13-10/h4-8H,1-3H3. The molecule has 5 heteroatoms. The highest BCUT2D eigenvalue weighted by molar-refractivity contribution is 5.91. The van der Waals surface area contributed by atoms with Gasteiger partial charge in [0.2, 0.25) is 5.88 Å². The van der Waals surface area contributed by atoms with Crippen LogP contribution in [0.4, 0.5) is 10.5 Å². The highest BCUT2D eigenvalue weighted by Gasteiger charge is 2.26. The molecule has 1 aliphatic heterocycles. The summed E-state index contributed by atoms with van der Waals surface area (Å²) in [6.45, 7) is 5.46. The third kappa shape index (κ3) is 2.55. The summed E-state index contributed by atoms with van der Waals surface area (Å²) in [4.78, 5) is 17.3. The third-order valence-corrected chi connectivity index (χ3v) is 1.99. The lowest BCUT2D eigenvalue weighted by Gasteiger charge is -2.27. The van der Waals surface area contributed by atoms with E-state index in [9.17, 15) is 4.79 Å². The van der Waals surface area contributed by atoms with Gasteiger partial charge in [-0.2, -0.15) is 0 Å². The van der Waals surface area contributed by atoms with Crippen LogP contribution in [0, 0.1) is 0 Å². The van der Waals surface area contributed by atoms with Gasteiger partial charge in [0.25, 0.3) is 0 Å². The first-order chi connectivity index (χ1) is 7.97. The Hall–Kier alpha value is -2.04. The number of pyridine rings is 1. The molecule has 17 heavy (non-hydrogen) atoms. The summed E-state index contributed by atoms with van der Waals surface area (Å²) in [5.41, 5.74) is 0.0373. The van der Waals surface area contributed by atoms with Crippen molar-refractivity contribution in [2.24, 2.45) is 0 Å². The number of rotatable bonds is 0. The van der Waals surface area contributed by atoms with E-state index in [1.165, 1.54) is 17.4 Å². The van der Waals surface area contributed by atoms with E-state index >= 15 is 0 Å². The van der Waals surface area contributed by atoms with Crippen molar-refractivity contribution < 1.29 is 14.3 Å². The average molecular weight is 234 g/mol. The van der Waals surface area contributed by atoms with E-state index in [2.05, 4.69) is 4.98 Å². The summed E-state index contributed by atoms with van der Waals surface area (Å²) in [6, 6.07) is 3.48. The van der Waals surface area contributed by atoms with Crippen LogP contribution in [0.2, 0.25) is 0 Å². The van der Waals surface area contributed by atoms with Crippen LogP contribution in [0.15, 0.2) is 30.8 Å². The SMILES string of the molecule is CC(C)(C)OC(=O)N1C=COc2ncccc21. The highest BCUT2D eigenvalue weighted by atomic mass is 16.6.